The summed E-state index contributed by atoms with van der Waals surface area (Å²) in [6.45, 7) is 5.32. The van der Waals surface area contributed by atoms with E-state index in [0.717, 1.165) is 16.9 Å². The van der Waals surface area contributed by atoms with Crippen LogP contribution in [-0.2, 0) is 9.47 Å². The summed E-state index contributed by atoms with van der Waals surface area (Å²) in [7, 11) is 1.26. The van der Waals surface area contributed by atoms with Crippen LogP contribution >= 0.6 is 11.3 Å². The Bertz CT molecular complexity index is 825. The molecular weight excluding hydrogens is 342 g/mol. The number of nitrogens with one attached hydrogen (secondary N) is 1. The molecule has 0 atom stereocenters. The van der Waals surface area contributed by atoms with Crippen LogP contribution in [0.25, 0.3) is 0 Å². The summed E-state index contributed by atoms with van der Waals surface area (Å²) < 4.78 is 9.79. The molecule has 0 aliphatic carbocycles. The first kappa shape index (κ1) is 18.7. The number of aryl methyl sites for hydroxylation is 1. The first-order chi connectivity index (χ1) is 11.9. The van der Waals surface area contributed by atoms with E-state index >= 15 is 0 Å². The van der Waals surface area contributed by atoms with Crippen molar-refractivity contribution in [1.82, 2.24) is 0 Å². The van der Waals surface area contributed by atoms with E-state index in [1.54, 1.807) is 26.0 Å². The van der Waals surface area contributed by atoms with Gasteiger partial charge in [-0.1, -0.05) is 18.2 Å². The van der Waals surface area contributed by atoms with Gasteiger partial charge in [0.05, 0.1) is 19.3 Å². The van der Waals surface area contributed by atoms with Crippen LogP contribution in [0, 0.1) is 13.8 Å². The van der Waals surface area contributed by atoms with Crippen molar-refractivity contribution in [2.45, 2.75) is 20.8 Å². The number of carbonyl (C=O) groups is 3. The third-order valence-corrected chi connectivity index (χ3v) is 4.80. The van der Waals surface area contributed by atoms with Crippen LogP contribution < -0.4 is 5.32 Å². The molecule has 25 heavy (non-hydrogen) atoms. The fraction of sp³-hybridized carbons (Fsp3) is 0.278. The second-order valence-electron chi connectivity index (χ2n) is 5.24. The maximum absolute atomic E-state index is 12.6. The molecule has 0 radical (unpaired) electrons. The van der Waals surface area contributed by atoms with Crippen LogP contribution in [0.15, 0.2) is 24.3 Å². The van der Waals surface area contributed by atoms with Gasteiger partial charge in [0.25, 0.3) is 5.91 Å². The summed E-state index contributed by atoms with van der Waals surface area (Å²) in [5.41, 5.74) is 1.90. The molecule has 1 aromatic heterocycles. The van der Waals surface area contributed by atoms with Crippen LogP contribution in [-0.4, -0.2) is 31.6 Å². The molecule has 132 valence electrons. The second-order valence-corrected chi connectivity index (χ2v) is 6.26. The quantitative estimate of drug-likeness (QED) is 0.823. The molecule has 1 N–H and O–H groups in total. The summed E-state index contributed by atoms with van der Waals surface area (Å²) in [6.07, 6.45) is 0. The number of hydrogen-bond acceptors (Lipinski definition) is 6. The van der Waals surface area contributed by atoms with Gasteiger partial charge in [0, 0.05) is 5.56 Å². The Hall–Kier alpha value is -2.67. The predicted octanol–water partition coefficient (Wildman–Crippen LogP) is 3.58. The Kier molecular flexibility index (Phi) is 5.93. The zero-order valence-electron chi connectivity index (χ0n) is 14.5. The third kappa shape index (κ3) is 3.88. The molecule has 0 bridgehead atoms. The molecule has 1 aromatic carbocycles. The number of ether oxygens (including phenoxy) is 2. The highest BCUT2D eigenvalue weighted by Gasteiger charge is 2.27. The number of benzene rings is 1. The van der Waals surface area contributed by atoms with Crippen LogP contribution in [0.1, 0.15) is 48.4 Å². The first-order valence-electron chi connectivity index (χ1n) is 7.66. The lowest BCUT2D eigenvalue weighted by molar-refractivity contribution is 0.0527. The van der Waals surface area contributed by atoms with Gasteiger partial charge in [0.15, 0.2) is 0 Å². The molecule has 2 rings (SSSR count). The van der Waals surface area contributed by atoms with Crippen LogP contribution in [0.5, 0.6) is 0 Å². The number of methoxy groups -OCH3 is 1. The Morgan fingerprint density at radius 3 is 2.40 bits per heavy atom. The summed E-state index contributed by atoms with van der Waals surface area (Å²) in [5.74, 6) is -1.52. The average Bonchev–Trinajstić information content (AvgIpc) is 2.90. The van der Waals surface area contributed by atoms with E-state index in [1.807, 2.05) is 19.1 Å². The summed E-state index contributed by atoms with van der Waals surface area (Å²) in [4.78, 5) is 37.0. The van der Waals surface area contributed by atoms with Gasteiger partial charge in [0.1, 0.15) is 9.88 Å². The van der Waals surface area contributed by atoms with E-state index in [1.165, 1.54) is 7.11 Å². The van der Waals surface area contributed by atoms with Crippen molar-refractivity contribution < 1.29 is 23.9 Å². The standard InChI is InChI=1S/C18H19NO5S/c1-5-24-17(21)13-11(3)14(18(22)23-4)25-16(13)19-15(20)12-9-7-6-8-10(12)2/h6-9H,5H2,1-4H3,(H,19,20). The van der Waals surface area contributed by atoms with E-state index in [4.69, 9.17) is 9.47 Å². The fourth-order valence-corrected chi connectivity index (χ4v) is 3.44. The monoisotopic (exact) mass is 361 g/mol. The lowest BCUT2D eigenvalue weighted by Gasteiger charge is -2.08. The molecule has 1 heterocycles. The van der Waals surface area contributed by atoms with Gasteiger partial charge >= 0.3 is 11.9 Å². The molecule has 6 nitrogen and oxygen atoms in total. The minimum atomic E-state index is -0.591. The molecule has 0 saturated heterocycles. The highest BCUT2D eigenvalue weighted by atomic mass is 32.1. The molecule has 1 amide bonds. The molecule has 7 heteroatoms. The minimum Gasteiger partial charge on any atom is -0.465 e. The van der Waals surface area contributed by atoms with Crippen molar-refractivity contribution in [3.63, 3.8) is 0 Å². The molecular formula is C18H19NO5S. The molecule has 0 aliphatic heterocycles. The topological polar surface area (TPSA) is 81.7 Å². The van der Waals surface area contributed by atoms with Crippen LogP contribution in [0.4, 0.5) is 5.00 Å². The van der Waals surface area contributed by atoms with Gasteiger partial charge in [-0.15, -0.1) is 11.3 Å². The number of thiophene rings is 1. The minimum absolute atomic E-state index is 0.175. The normalized spacial score (nSPS) is 10.2. The fourth-order valence-electron chi connectivity index (χ4n) is 2.34. The predicted molar refractivity (Wildman–Crippen MR) is 95.5 cm³/mol. The lowest BCUT2D eigenvalue weighted by atomic mass is 10.1. The maximum atomic E-state index is 12.6. The zero-order chi connectivity index (χ0) is 18.6. The van der Waals surface area contributed by atoms with E-state index in [9.17, 15) is 14.4 Å². The zero-order valence-corrected chi connectivity index (χ0v) is 15.3. The van der Waals surface area contributed by atoms with Crippen molar-refractivity contribution >= 4 is 34.2 Å². The SMILES string of the molecule is CCOC(=O)c1c(NC(=O)c2ccccc2C)sc(C(=O)OC)c1C. The lowest BCUT2D eigenvalue weighted by Crippen LogP contribution is -2.15. The Labute approximate surface area is 149 Å². The van der Waals surface area contributed by atoms with Crippen molar-refractivity contribution in [2.24, 2.45) is 0 Å². The van der Waals surface area contributed by atoms with Crippen molar-refractivity contribution in [3.8, 4) is 0 Å². The van der Waals surface area contributed by atoms with Crippen molar-refractivity contribution in [3.05, 3.63) is 51.4 Å². The summed E-state index contributed by atoms with van der Waals surface area (Å²) >= 11 is 0.995. The first-order valence-corrected chi connectivity index (χ1v) is 8.48. The van der Waals surface area contributed by atoms with Crippen molar-refractivity contribution in [1.29, 1.82) is 0 Å². The average molecular weight is 361 g/mol. The largest absolute Gasteiger partial charge is 0.465 e. The number of anilines is 1. The van der Waals surface area contributed by atoms with E-state index < -0.39 is 11.9 Å². The molecule has 0 fully saturated rings. The Morgan fingerprint density at radius 2 is 1.80 bits per heavy atom. The number of esters is 2. The number of rotatable bonds is 5. The van der Waals surface area contributed by atoms with Gasteiger partial charge in [-0.25, -0.2) is 9.59 Å². The maximum Gasteiger partial charge on any atom is 0.348 e. The summed E-state index contributed by atoms with van der Waals surface area (Å²) in [6, 6.07) is 7.10. The third-order valence-electron chi connectivity index (χ3n) is 3.61. The number of amides is 1. The second kappa shape index (κ2) is 7.94. The van der Waals surface area contributed by atoms with E-state index in [2.05, 4.69) is 5.32 Å². The van der Waals surface area contributed by atoms with Gasteiger partial charge in [0.2, 0.25) is 0 Å². The summed E-state index contributed by atoms with van der Waals surface area (Å²) in [5, 5.41) is 2.99. The van der Waals surface area contributed by atoms with Crippen molar-refractivity contribution in [2.75, 3.05) is 19.0 Å². The van der Waals surface area contributed by atoms with E-state index in [-0.39, 0.29) is 28.0 Å². The van der Waals surface area contributed by atoms with Gasteiger partial charge < -0.3 is 14.8 Å². The van der Waals surface area contributed by atoms with Gasteiger partial charge in [-0.2, -0.15) is 0 Å². The number of hydrogen-bond donors (Lipinski definition) is 1. The van der Waals surface area contributed by atoms with Gasteiger partial charge in [-0.3, -0.25) is 4.79 Å². The molecule has 0 aliphatic rings. The Morgan fingerprint density at radius 1 is 1.12 bits per heavy atom. The molecule has 0 saturated carbocycles. The van der Waals surface area contributed by atoms with E-state index in [0.29, 0.717) is 11.1 Å². The molecule has 2 aromatic rings. The Balaban J connectivity index is 2.45. The smallest absolute Gasteiger partial charge is 0.348 e. The molecule has 0 spiro atoms. The van der Waals surface area contributed by atoms with Crippen LogP contribution in [0.3, 0.4) is 0 Å². The van der Waals surface area contributed by atoms with Crippen LogP contribution in [0.2, 0.25) is 0 Å². The number of carbonyl (C=O) groups excluding carboxylic acids is 3. The molecule has 0 unspecified atom stereocenters. The highest BCUT2D eigenvalue weighted by Crippen LogP contribution is 2.34. The van der Waals surface area contributed by atoms with Gasteiger partial charge in [-0.05, 0) is 38.0 Å². The highest BCUT2D eigenvalue weighted by molar-refractivity contribution is 7.18.